The van der Waals surface area contributed by atoms with Gasteiger partial charge in [-0.25, -0.2) is 14.2 Å². The van der Waals surface area contributed by atoms with E-state index < -0.39 is 5.60 Å². The largest absolute Gasteiger partial charge is 0.444 e. The third-order valence-corrected chi connectivity index (χ3v) is 5.48. The quantitative estimate of drug-likeness (QED) is 0.585. The lowest BCUT2D eigenvalue weighted by atomic mass is 10.1. The molecule has 3 heterocycles. The van der Waals surface area contributed by atoms with E-state index in [1.165, 1.54) is 12.1 Å². The number of hydrogen-bond acceptors (Lipinski definition) is 5. The van der Waals surface area contributed by atoms with Crippen molar-refractivity contribution in [2.75, 3.05) is 26.2 Å². The van der Waals surface area contributed by atoms with Crippen LogP contribution in [0.1, 0.15) is 20.8 Å². The lowest BCUT2D eigenvalue weighted by Crippen LogP contribution is -2.52. The van der Waals surface area contributed by atoms with E-state index in [-0.39, 0.29) is 24.4 Å². The van der Waals surface area contributed by atoms with Gasteiger partial charge in [0.05, 0.1) is 17.7 Å². The number of carbonyl (C=O) groups excluding carboxylic acids is 2. The average Bonchev–Trinajstić information content (AvgIpc) is 3.22. The van der Waals surface area contributed by atoms with E-state index in [1.54, 1.807) is 45.2 Å². The first-order valence-corrected chi connectivity index (χ1v) is 11.2. The van der Waals surface area contributed by atoms with Gasteiger partial charge < -0.3 is 19.1 Å². The molecule has 0 atom stereocenters. The first-order chi connectivity index (χ1) is 16.2. The number of piperazine rings is 1. The molecule has 0 saturated carbocycles. The van der Waals surface area contributed by atoms with Gasteiger partial charge in [0, 0.05) is 49.7 Å². The summed E-state index contributed by atoms with van der Waals surface area (Å²) in [6.45, 7) is 7.27. The fourth-order valence-electron chi connectivity index (χ4n) is 3.84. The van der Waals surface area contributed by atoms with Gasteiger partial charge in [-0.3, -0.25) is 9.78 Å². The molecule has 1 aromatic carbocycles. The SMILES string of the molecule is CC(C)(C)OC(=O)N1CCN(C(=O)Cn2cnc(-c3ccc(F)cc3)c2-c2cccnc2)CC1. The highest BCUT2D eigenvalue weighted by molar-refractivity contribution is 5.81. The number of amides is 2. The Morgan fingerprint density at radius 3 is 2.29 bits per heavy atom. The van der Waals surface area contributed by atoms with Crippen molar-refractivity contribution in [3.05, 3.63) is 60.9 Å². The zero-order valence-electron chi connectivity index (χ0n) is 19.6. The number of hydrogen-bond donors (Lipinski definition) is 0. The first kappa shape index (κ1) is 23.4. The van der Waals surface area contributed by atoms with Crippen molar-refractivity contribution in [1.29, 1.82) is 0 Å². The second-order valence-corrected chi connectivity index (χ2v) is 9.17. The maximum Gasteiger partial charge on any atom is 0.410 e. The molecule has 0 bridgehead atoms. The third kappa shape index (κ3) is 5.41. The van der Waals surface area contributed by atoms with Crippen molar-refractivity contribution >= 4 is 12.0 Å². The van der Waals surface area contributed by atoms with Gasteiger partial charge in [0.2, 0.25) is 5.91 Å². The molecule has 34 heavy (non-hydrogen) atoms. The maximum absolute atomic E-state index is 13.4. The molecule has 1 aliphatic heterocycles. The van der Waals surface area contributed by atoms with Crippen LogP contribution in [-0.4, -0.2) is 68.1 Å². The number of carbonyl (C=O) groups is 2. The molecule has 0 radical (unpaired) electrons. The Morgan fingerprint density at radius 1 is 1.00 bits per heavy atom. The minimum atomic E-state index is -0.559. The summed E-state index contributed by atoms with van der Waals surface area (Å²) < 4.78 is 20.7. The zero-order valence-corrected chi connectivity index (χ0v) is 19.6. The number of benzene rings is 1. The molecule has 1 saturated heterocycles. The number of halogens is 1. The molecule has 2 amide bonds. The predicted molar refractivity (Wildman–Crippen MR) is 125 cm³/mol. The summed E-state index contributed by atoms with van der Waals surface area (Å²) in [4.78, 5) is 37.5. The van der Waals surface area contributed by atoms with Gasteiger partial charge in [0.25, 0.3) is 0 Å². The minimum Gasteiger partial charge on any atom is -0.444 e. The Kier molecular flexibility index (Phi) is 6.63. The van der Waals surface area contributed by atoms with Gasteiger partial charge in [-0.15, -0.1) is 0 Å². The van der Waals surface area contributed by atoms with Crippen LogP contribution in [0.5, 0.6) is 0 Å². The topological polar surface area (TPSA) is 80.6 Å². The molecule has 9 heteroatoms. The first-order valence-electron chi connectivity index (χ1n) is 11.2. The van der Waals surface area contributed by atoms with Gasteiger partial charge >= 0.3 is 6.09 Å². The molecule has 1 fully saturated rings. The normalized spacial score (nSPS) is 14.2. The number of pyridine rings is 1. The van der Waals surface area contributed by atoms with Crippen LogP contribution in [-0.2, 0) is 16.1 Å². The van der Waals surface area contributed by atoms with Gasteiger partial charge in [0.1, 0.15) is 18.0 Å². The summed E-state index contributed by atoms with van der Waals surface area (Å²) in [6.07, 6.45) is 4.65. The summed E-state index contributed by atoms with van der Waals surface area (Å²) in [5.41, 5.74) is 2.38. The van der Waals surface area contributed by atoms with Gasteiger partial charge in [0.15, 0.2) is 0 Å². The number of aromatic nitrogens is 3. The standard InChI is InChI=1S/C25H28FN5O3/c1-25(2,3)34-24(33)30-13-11-29(12-14-30)21(32)16-31-17-28-22(18-6-8-20(26)9-7-18)23(31)19-5-4-10-27-15-19/h4-10,15,17H,11-14,16H2,1-3H3. The summed E-state index contributed by atoms with van der Waals surface area (Å²) in [5.74, 6) is -0.399. The maximum atomic E-state index is 13.4. The van der Waals surface area contributed by atoms with Crippen molar-refractivity contribution in [2.45, 2.75) is 32.9 Å². The molecule has 0 N–H and O–H groups in total. The van der Waals surface area contributed by atoms with Crippen molar-refractivity contribution in [1.82, 2.24) is 24.3 Å². The highest BCUT2D eigenvalue weighted by atomic mass is 19.1. The molecular formula is C25H28FN5O3. The molecule has 0 unspecified atom stereocenters. The second-order valence-electron chi connectivity index (χ2n) is 9.17. The molecule has 178 valence electrons. The van der Waals surface area contributed by atoms with Crippen molar-refractivity contribution in [3.8, 4) is 22.5 Å². The highest BCUT2D eigenvalue weighted by Crippen LogP contribution is 2.31. The van der Waals surface area contributed by atoms with Gasteiger partial charge in [-0.05, 0) is 57.2 Å². The summed E-state index contributed by atoms with van der Waals surface area (Å²) >= 11 is 0. The monoisotopic (exact) mass is 465 g/mol. The van der Waals surface area contributed by atoms with Crippen LogP contribution in [0.4, 0.5) is 9.18 Å². The molecule has 3 aromatic rings. The highest BCUT2D eigenvalue weighted by Gasteiger charge is 2.28. The van der Waals surface area contributed by atoms with Crippen LogP contribution in [0.3, 0.4) is 0 Å². The molecular weight excluding hydrogens is 437 g/mol. The molecule has 4 rings (SSSR count). The Hall–Kier alpha value is -3.75. The van der Waals surface area contributed by atoms with Crippen LogP contribution in [0, 0.1) is 5.82 Å². The van der Waals surface area contributed by atoms with Gasteiger partial charge in [-0.1, -0.05) is 0 Å². The van der Waals surface area contributed by atoms with Crippen LogP contribution in [0.25, 0.3) is 22.5 Å². The van der Waals surface area contributed by atoms with Gasteiger partial charge in [-0.2, -0.15) is 0 Å². The fourth-order valence-corrected chi connectivity index (χ4v) is 3.84. The molecule has 2 aromatic heterocycles. The average molecular weight is 466 g/mol. The molecule has 1 aliphatic rings. The smallest absolute Gasteiger partial charge is 0.410 e. The molecule has 8 nitrogen and oxygen atoms in total. The fraction of sp³-hybridized carbons (Fsp3) is 0.360. The summed E-state index contributed by atoms with van der Waals surface area (Å²) in [5, 5.41) is 0. The van der Waals surface area contributed by atoms with E-state index in [1.807, 2.05) is 32.9 Å². The number of ether oxygens (including phenoxy) is 1. The Balaban J connectivity index is 1.50. The minimum absolute atomic E-state index is 0.0722. The number of nitrogens with zero attached hydrogens (tertiary/aromatic N) is 5. The molecule has 0 aliphatic carbocycles. The molecule has 0 spiro atoms. The lowest BCUT2D eigenvalue weighted by Gasteiger charge is -2.35. The number of rotatable bonds is 4. The van der Waals surface area contributed by atoms with Crippen molar-refractivity contribution in [2.24, 2.45) is 0 Å². The Bertz CT molecular complexity index is 1150. The van der Waals surface area contributed by atoms with E-state index in [0.717, 1.165) is 16.8 Å². The number of imidazole rings is 1. The van der Waals surface area contributed by atoms with E-state index in [0.29, 0.717) is 31.9 Å². The summed E-state index contributed by atoms with van der Waals surface area (Å²) in [6, 6.07) is 9.82. The van der Waals surface area contributed by atoms with Crippen molar-refractivity contribution < 1.29 is 18.7 Å². The van der Waals surface area contributed by atoms with Crippen LogP contribution >= 0.6 is 0 Å². The van der Waals surface area contributed by atoms with Crippen LogP contribution < -0.4 is 0 Å². The Labute approximate surface area is 198 Å². The van der Waals surface area contributed by atoms with E-state index in [2.05, 4.69) is 9.97 Å². The zero-order chi connectivity index (χ0) is 24.3. The van der Waals surface area contributed by atoms with Crippen LogP contribution in [0.2, 0.25) is 0 Å². The second kappa shape index (κ2) is 9.62. The van der Waals surface area contributed by atoms with E-state index in [4.69, 9.17) is 4.74 Å². The Morgan fingerprint density at radius 2 is 1.68 bits per heavy atom. The third-order valence-electron chi connectivity index (χ3n) is 5.48. The van der Waals surface area contributed by atoms with E-state index in [9.17, 15) is 14.0 Å². The predicted octanol–water partition coefficient (Wildman–Crippen LogP) is 3.83. The summed E-state index contributed by atoms with van der Waals surface area (Å²) in [7, 11) is 0. The lowest BCUT2D eigenvalue weighted by molar-refractivity contribution is -0.133. The van der Waals surface area contributed by atoms with E-state index >= 15 is 0 Å². The van der Waals surface area contributed by atoms with Crippen molar-refractivity contribution in [3.63, 3.8) is 0 Å². The van der Waals surface area contributed by atoms with Crippen LogP contribution in [0.15, 0.2) is 55.1 Å².